The molecule has 1 unspecified atom stereocenters. The number of hydrogen-bond donors (Lipinski definition) is 1. The molecule has 1 saturated carbocycles. The van der Waals surface area contributed by atoms with Crippen molar-refractivity contribution in [2.24, 2.45) is 0 Å². The summed E-state index contributed by atoms with van der Waals surface area (Å²) in [5.41, 5.74) is 0. The average Bonchev–Trinajstić information content (AvgIpc) is 2.81. The van der Waals surface area contributed by atoms with Gasteiger partial charge in [0.05, 0.1) is 4.83 Å². The third-order valence-corrected chi connectivity index (χ3v) is 4.02. The highest BCUT2D eigenvalue weighted by molar-refractivity contribution is 9.10. The predicted molar refractivity (Wildman–Crippen MR) is 56.9 cm³/mol. The Morgan fingerprint density at radius 3 is 2.67 bits per heavy atom. The summed E-state index contributed by atoms with van der Waals surface area (Å²) in [6.45, 7) is 2.66. The molecule has 1 atom stereocenters. The normalized spacial score (nSPS) is 21.6. The lowest BCUT2D eigenvalue weighted by molar-refractivity contribution is -0.120. The van der Waals surface area contributed by atoms with Crippen LogP contribution in [-0.2, 0) is 4.79 Å². The van der Waals surface area contributed by atoms with Crippen molar-refractivity contribution in [1.82, 2.24) is 5.32 Å². The second-order valence-electron chi connectivity index (χ2n) is 3.22. The van der Waals surface area contributed by atoms with Gasteiger partial charge in [-0.05, 0) is 26.0 Å². The van der Waals surface area contributed by atoms with E-state index in [1.807, 2.05) is 18.7 Å². The van der Waals surface area contributed by atoms with E-state index in [2.05, 4.69) is 27.5 Å². The van der Waals surface area contributed by atoms with Gasteiger partial charge in [-0.15, -0.1) is 0 Å². The van der Waals surface area contributed by atoms with E-state index in [4.69, 9.17) is 0 Å². The van der Waals surface area contributed by atoms with Gasteiger partial charge in [0.2, 0.25) is 5.91 Å². The van der Waals surface area contributed by atoms with Crippen LogP contribution >= 0.6 is 27.7 Å². The third-order valence-electron chi connectivity index (χ3n) is 2.19. The molecular formula is C8H14BrNOS. The van der Waals surface area contributed by atoms with E-state index in [1.165, 1.54) is 12.8 Å². The van der Waals surface area contributed by atoms with Crippen molar-refractivity contribution in [3.05, 3.63) is 0 Å². The fourth-order valence-electron chi connectivity index (χ4n) is 0.981. The highest BCUT2D eigenvalue weighted by Gasteiger charge is 2.41. The summed E-state index contributed by atoms with van der Waals surface area (Å²) < 4.78 is 0.373. The Kier molecular flexibility index (Phi) is 3.47. The van der Waals surface area contributed by atoms with Crippen LogP contribution in [0.2, 0.25) is 0 Å². The number of thioether (sulfide) groups is 1. The molecule has 2 nitrogen and oxygen atoms in total. The number of halogens is 1. The zero-order chi connectivity index (χ0) is 9.19. The molecular weight excluding hydrogens is 238 g/mol. The van der Waals surface area contributed by atoms with Crippen molar-refractivity contribution in [2.75, 3.05) is 12.8 Å². The fourth-order valence-corrected chi connectivity index (χ4v) is 1.87. The van der Waals surface area contributed by atoms with E-state index in [0.29, 0.717) is 4.75 Å². The van der Waals surface area contributed by atoms with E-state index in [1.54, 1.807) is 0 Å². The lowest BCUT2D eigenvalue weighted by Crippen LogP contribution is -2.35. The van der Waals surface area contributed by atoms with Crippen LogP contribution in [-0.4, -0.2) is 28.3 Å². The molecule has 0 aromatic carbocycles. The van der Waals surface area contributed by atoms with Gasteiger partial charge in [0.25, 0.3) is 0 Å². The second kappa shape index (κ2) is 4.01. The van der Waals surface area contributed by atoms with Gasteiger partial charge >= 0.3 is 0 Å². The number of alkyl halides is 1. The first-order valence-electron chi connectivity index (χ1n) is 4.06. The molecule has 1 aliphatic rings. The van der Waals surface area contributed by atoms with E-state index >= 15 is 0 Å². The van der Waals surface area contributed by atoms with E-state index in [0.717, 1.165) is 6.54 Å². The summed E-state index contributed by atoms with van der Waals surface area (Å²) in [5, 5.41) is 2.93. The van der Waals surface area contributed by atoms with Crippen molar-refractivity contribution < 1.29 is 4.79 Å². The van der Waals surface area contributed by atoms with Crippen molar-refractivity contribution in [3.63, 3.8) is 0 Å². The Balaban J connectivity index is 2.21. The minimum absolute atomic E-state index is 0.0739. The number of carbonyl (C=O) groups excluding carboxylic acids is 1. The minimum atomic E-state index is -0.0739. The summed E-state index contributed by atoms with van der Waals surface area (Å²) in [6, 6.07) is 0. The first-order chi connectivity index (χ1) is 5.59. The summed E-state index contributed by atoms with van der Waals surface area (Å²) in [4.78, 5) is 11.1. The first-order valence-corrected chi connectivity index (χ1v) is 6.21. The summed E-state index contributed by atoms with van der Waals surface area (Å²) >= 11 is 5.09. The predicted octanol–water partition coefficient (Wildman–Crippen LogP) is 1.78. The molecule has 1 N–H and O–H groups in total. The summed E-state index contributed by atoms with van der Waals surface area (Å²) in [7, 11) is 0. The highest BCUT2D eigenvalue weighted by atomic mass is 79.9. The topological polar surface area (TPSA) is 29.1 Å². The largest absolute Gasteiger partial charge is 0.354 e. The van der Waals surface area contributed by atoms with Crippen molar-refractivity contribution in [3.8, 4) is 0 Å². The van der Waals surface area contributed by atoms with Gasteiger partial charge < -0.3 is 5.32 Å². The maximum Gasteiger partial charge on any atom is 0.233 e. The van der Waals surface area contributed by atoms with Gasteiger partial charge in [-0.2, -0.15) is 11.8 Å². The van der Waals surface area contributed by atoms with Crippen LogP contribution < -0.4 is 5.32 Å². The van der Waals surface area contributed by atoms with Crippen molar-refractivity contribution in [1.29, 1.82) is 0 Å². The molecule has 12 heavy (non-hydrogen) atoms. The Hall–Kier alpha value is 0.300. The van der Waals surface area contributed by atoms with Crippen LogP contribution in [0.15, 0.2) is 0 Å². The van der Waals surface area contributed by atoms with Crippen LogP contribution in [0.5, 0.6) is 0 Å². The molecule has 0 spiro atoms. The van der Waals surface area contributed by atoms with E-state index in [9.17, 15) is 4.79 Å². The smallest absolute Gasteiger partial charge is 0.233 e. The maximum absolute atomic E-state index is 11.2. The Bertz CT molecular complexity index is 180. The lowest BCUT2D eigenvalue weighted by Gasteiger charge is -2.13. The fraction of sp³-hybridized carbons (Fsp3) is 0.875. The van der Waals surface area contributed by atoms with Crippen LogP contribution in [0.25, 0.3) is 0 Å². The Morgan fingerprint density at radius 1 is 1.75 bits per heavy atom. The second-order valence-corrected chi connectivity index (χ2v) is 5.87. The Labute approximate surface area is 86.0 Å². The van der Waals surface area contributed by atoms with Gasteiger partial charge in [-0.25, -0.2) is 0 Å². The number of amides is 1. The van der Waals surface area contributed by atoms with E-state index < -0.39 is 0 Å². The molecule has 0 heterocycles. The van der Waals surface area contributed by atoms with Crippen molar-refractivity contribution in [2.45, 2.75) is 29.3 Å². The highest BCUT2D eigenvalue weighted by Crippen LogP contribution is 2.46. The molecule has 0 bridgehead atoms. The lowest BCUT2D eigenvalue weighted by atomic mass is 10.4. The van der Waals surface area contributed by atoms with Gasteiger partial charge in [-0.3, -0.25) is 4.79 Å². The van der Waals surface area contributed by atoms with Gasteiger partial charge in [0.15, 0.2) is 0 Å². The Morgan fingerprint density at radius 2 is 2.33 bits per heavy atom. The molecule has 70 valence electrons. The van der Waals surface area contributed by atoms with Crippen LogP contribution in [0.1, 0.15) is 19.8 Å². The van der Waals surface area contributed by atoms with Gasteiger partial charge in [-0.1, -0.05) is 15.9 Å². The zero-order valence-electron chi connectivity index (χ0n) is 7.39. The third kappa shape index (κ3) is 2.66. The van der Waals surface area contributed by atoms with Crippen LogP contribution in [0, 0.1) is 0 Å². The number of carbonyl (C=O) groups is 1. The number of rotatable bonds is 4. The summed E-state index contributed by atoms with van der Waals surface area (Å²) in [6.07, 6.45) is 4.59. The molecule has 0 aromatic heterocycles. The summed E-state index contributed by atoms with van der Waals surface area (Å²) in [5.74, 6) is 0.0929. The molecule has 1 fully saturated rings. The molecule has 1 amide bonds. The SMILES string of the molecule is CSC1(CNC(=O)C(C)Br)CC1. The van der Waals surface area contributed by atoms with Gasteiger partial charge in [0, 0.05) is 11.3 Å². The van der Waals surface area contributed by atoms with Crippen LogP contribution in [0.4, 0.5) is 0 Å². The first kappa shape index (κ1) is 10.4. The molecule has 0 saturated heterocycles. The average molecular weight is 252 g/mol. The molecule has 0 aliphatic heterocycles. The van der Waals surface area contributed by atoms with Gasteiger partial charge in [0.1, 0.15) is 0 Å². The standard InChI is InChI=1S/C8H14BrNOS/c1-6(9)7(11)10-5-8(12-2)3-4-8/h6H,3-5H2,1-2H3,(H,10,11). The molecule has 0 radical (unpaired) electrons. The molecule has 1 rings (SSSR count). The molecule has 0 aromatic rings. The zero-order valence-corrected chi connectivity index (χ0v) is 9.80. The maximum atomic E-state index is 11.2. The van der Waals surface area contributed by atoms with Crippen LogP contribution in [0.3, 0.4) is 0 Å². The quantitative estimate of drug-likeness (QED) is 0.773. The van der Waals surface area contributed by atoms with E-state index in [-0.39, 0.29) is 10.7 Å². The molecule has 1 aliphatic carbocycles. The molecule has 4 heteroatoms. The number of hydrogen-bond acceptors (Lipinski definition) is 2. The van der Waals surface area contributed by atoms with Crippen molar-refractivity contribution >= 4 is 33.6 Å². The monoisotopic (exact) mass is 251 g/mol. The number of nitrogens with one attached hydrogen (secondary N) is 1. The minimum Gasteiger partial charge on any atom is -0.354 e.